The second-order valence-corrected chi connectivity index (χ2v) is 1.51. The van der Waals surface area contributed by atoms with Crippen LogP contribution in [-0.2, 0) is 0 Å². The second-order valence-electron chi connectivity index (χ2n) is 1.51. The highest BCUT2D eigenvalue weighted by Gasteiger charge is 1.79. The van der Waals surface area contributed by atoms with Crippen LogP contribution < -0.4 is 10.6 Å². The van der Waals surface area contributed by atoms with Gasteiger partial charge in [-0.05, 0) is 6.54 Å². The lowest BCUT2D eigenvalue weighted by Crippen LogP contribution is -2.27. The van der Waals surface area contributed by atoms with Crippen LogP contribution >= 0.6 is 0 Å². The van der Waals surface area contributed by atoms with Gasteiger partial charge in [0.15, 0.2) is 0 Å². The molecule has 0 aliphatic rings. The van der Waals surface area contributed by atoms with Crippen LogP contribution in [0.4, 0.5) is 0 Å². The van der Waals surface area contributed by atoms with E-state index >= 15 is 0 Å². The third-order valence-corrected chi connectivity index (χ3v) is 0.840. The Hall–Kier alpha value is -0.120. The minimum Gasteiger partial charge on any atom is -0.381 e. The number of aliphatic hydroxyl groups is 1. The van der Waals surface area contributed by atoms with Crippen LogP contribution in [0.5, 0.6) is 0 Å². The topological polar surface area (TPSA) is 44.3 Å². The number of hydrogen-bond acceptors (Lipinski definition) is 3. The molecule has 0 saturated carbocycles. The van der Waals surface area contributed by atoms with Gasteiger partial charge in [0.2, 0.25) is 0 Å². The van der Waals surface area contributed by atoms with Gasteiger partial charge in [-0.2, -0.15) is 0 Å². The van der Waals surface area contributed by atoms with Crippen molar-refractivity contribution in [1.29, 1.82) is 0 Å². The molecule has 0 rings (SSSR count). The molecule has 0 spiro atoms. The van der Waals surface area contributed by atoms with Crippen molar-refractivity contribution in [2.75, 3.05) is 26.4 Å². The molecule has 0 aliphatic heterocycles. The zero-order chi connectivity index (χ0) is 6.24. The van der Waals surface area contributed by atoms with Gasteiger partial charge in [-0.3, -0.25) is 5.32 Å². The quantitative estimate of drug-likeness (QED) is 0.325. The summed E-state index contributed by atoms with van der Waals surface area (Å²) in [7, 11) is 0. The standard InChI is InChI=1S/C5H14N2O/c1-2-6-3-4-7-5-8/h6-8H,2-5H2,1H3. The normalized spacial score (nSPS) is 9.75. The molecule has 0 aromatic carbocycles. The number of hydrogen-bond donors (Lipinski definition) is 3. The summed E-state index contributed by atoms with van der Waals surface area (Å²) in [6.07, 6.45) is 0. The Kier molecular flexibility index (Phi) is 6.78. The summed E-state index contributed by atoms with van der Waals surface area (Å²) < 4.78 is 0. The molecule has 0 unspecified atom stereocenters. The molecule has 50 valence electrons. The van der Waals surface area contributed by atoms with Crippen LogP contribution in [0.25, 0.3) is 0 Å². The minimum absolute atomic E-state index is 0.0748. The van der Waals surface area contributed by atoms with Crippen molar-refractivity contribution in [3.63, 3.8) is 0 Å². The molecule has 0 heterocycles. The lowest BCUT2D eigenvalue weighted by molar-refractivity contribution is 0.261. The Bertz CT molecular complexity index is 35.4. The van der Waals surface area contributed by atoms with E-state index in [9.17, 15) is 0 Å². The summed E-state index contributed by atoms with van der Waals surface area (Å²) in [5.41, 5.74) is 0. The van der Waals surface area contributed by atoms with Gasteiger partial charge in [0.05, 0.1) is 6.73 Å². The van der Waals surface area contributed by atoms with E-state index in [0.717, 1.165) is 19.6 Å². The molecule has 0 aromatic rings. The SMILES string of the molecule is CCNCCNCO. The van der Waals surface area contributed by atoms with E-state index in [1.165, 1.54) is 0 Å². The maximum Gasteiger partial charge on any atom is 0.0931 e. The molecule has 0 radical (unpaired) electrons. The van der Waals surface area contributed by atoms with Crippen LogP contribution in [-0.4, -0.2) is 31.5 Å². The monoisotopic (exact) mass is 118 g/mol. The van der Waals surface area contributed by atoms with Gasteiger partial charge in [-0.25, -0.2) is 0 Å². The number of rotatable bonds is 5. The predicted octanol–water partition coefficient (Wildman–Crippen LogP) is -0.865. The van der Waals surface area contributed by atoms with Crippen LogP contribution in [0.3, 0.4) is 0 Å². The van der Waals surface area contributed by atoms with Crippen molar-refractivity contribution < 1.29 is 5.11 Å². The third kappa shape index (κ3) is 5.88. The van der Waals surface area contributed by atoms with Crippen molar-refractivity contribution in [3.8, 4) is 0 Å². The van der Waals surface area contributed by atoms with Gasteiger partial charge in [-0.15, -0.1) is 0 Å². The Morgan fingerprint density at radius 3 is 2.38 bits per heavy atom. The highest BCUT2D eigenvalue weighted by molar-refractivity contribution is 4.44. The van der Waals surface area contributed by atoms with Crippen molar-refractivity contribution in [3.05, 3.63) is 0 Å². The summed E-state index contributed by atoms with van der Waals surface area (Å²) >= 11 is 0. The lowest BCUT2D eigenvalue weighted by Gasteiger charge is -1.99. The second kappa shape index (κ2) is 6.88. The van der Waals surface area contributed by atoms with Crippen LogP contribution in [0.15, 0.2) is 0 Å². The first kappa shape index (κ1) is 7.88. The molecule has 3 heteroatoms. The van der Waals surface area contributed by atoms with Gasteiger partial charge >= 0.3 is 0 Å². The van der Waals surface area contributed by atoms with E-state index in [0.29, 0.717) is 0 Å². The summed E-state index contributed by atoms with van der Waals surface area (Å²) in [5, 5.41) is 14.1. The largest absolute Gasteiger partial charge is 0.381 e. The minimum atomic E-state index is 0.0748. The molecule has 0 aliphatic carbocycles. The van der Waals surface area contributed by atoms with Crippen LogP contribution in [0.2, 0.25) is 0 Å². The molecule has 3 N–H and O–H groups in total. The van der Waals surface area contributed by atoms with Crippen molar-refractivity contribution in [2.24, 2.45) is 0 Å². The maximum absolute atomic E-state index is 8.23. The van der Waals surface area contributed by atoms with E-state index in [1.807, 2.05) is 0 Å². The lowest BCUT2D eigenvalue weighted by atomic mass is 10.6. The zero-order valence-corrected chi connectivity index (χ0v) is 5.28. The summed E-state index contributed by atoms with van der Waals surface area (Å²) in [6, 6.07) is 0. The summed E-state index contributed by atoms with van der Waals surface area (Å²) in [4.78, 5) is 0. The molecule has 0 atom stereocenters. The Labute approximate surface area is 50.1 Å². The number of aliphatic hydroxyl groups excluding tert-OH is 1. The van der Waals surface area contributed by atoms with Crippen molar-refractivity contribution in [2.45, 2.75) is 6.92 Å². The molecule has 3 nitrogen and oxygen atoms in total. The van der Waals surface area contributed by atoms with Crippen LogP contribution in [0.1, 0.15) is 6.92 Å². The Balaban J connectivity index is 2.53. The van der Waals surface area contributed by atoms with E-state index in [2.05, 4.69) is 17.6 Å². The summed E-state index contributed by atoms with van der Waals surface area (Å²) in [5.74, 6) is 0. The first-order chi connectivity index (χ1) is 3.91. The fraction of sp³-hybridized carbons (Fsp3) is 1.00. The van der Waals surface area contributed by atoms with E-state index in [4.69, 9.17) is 5.11 Å². The molecule has 0 saturated heterocycles. The van der Waals surface area contributed by atoms with Gasteiger partial charge in [0.25, 0.3) is 0 Å². The van der Waals surface area contributed by atoms with E-state index < -0.39 is 0 Å². The van der Waals surface area contributed by atoms with Crippen molar-refractivity contribution in [1.82, 2.24) is 10.6 Å². The molecule has 0 fully saturated rings. The average molecular weight is 118 g/mol. The van der Waals surface area contributed by atoms with Gasteiger partial charge in [0.1, 0.15) is 0 Å². The Morgan fingerprint density at radius 1 is 1.25 bits per heavy atom. The molecule has 8 heavy (non-hydrogen) atoms. The van der Waals surface area contributed by atoms with Crippen molar-refractivity contribution >= 4 is 0 Å². The van der Waals surface area contributed by atoms with E-state index in [-0.39, 0.29) is 6.73 Å². The highest BCUT2D eigenvalue weighted by atomic mass is 16.3. The molecular formula is C5H14N2O. The fourth-order valence-corrected chi connectivity index (χ4v) is 0.433. The third-order valence-electron chi connectivity index (χ3n) is 0.840. The number of nitrogens with one attached hydrogen (secondary N) is 2. The first-order valence-corrected chi connectivity index (χ1v) is 2.94. The molecule has 0 bridgehead atoms. The average Bonchev–Trinajstić information content (AvgIpc) is 1.81. The smallest absolute Gasteiger partial charge is 0.0931 e. The fourth-order valence-electron chi connectivity index (χ4n) is 0.433. The van der Waals surface area contributed by atoms with Gasteiger partial charge in [0, 0.05) is 13.1 Å². The van der Waals surface area contributed by atoms with E-state index in [1.54, 1.807) is 0 Å². The highest BCUT2D eigenvalue weighted by Crippen LogP contribution is 1.55. The molecular weight excluding hydrogens is 104 g/mol. The Morgan fingerprint density at radius 2 is 1.88 bits per heavy atom. The van der Waals surface area contributed by atoms with Gasteiger partial charge in [-0.1, -0.05) is 6.92 Å². The summed E-state index contributed by atoms with van der Waals surface area (Å²) in [6.45, 7) is 4.89. The number of likely N-dealkylation sites (N-methyl/N-ethyl adjacent to an activating group) is 1. The maximum atomic E-state index is 8.23. The zero-order valence-electron chi connectivity index (χ0n) is 5.28. The molecule has 0 aromatic heterocycles. The molecule has 0 amide bonds. The predicted molar refractivity (Wildman–Crippen MR) is 33.6 cm³/mol. The first-order valence-electron chi connectivity index (χ1n) is 2.94. The van der Waals surface area contributed by atoms with Crippen LogP contribution in [0, 0.1) is 0 Å². The van der Waals surface area contributed by atoms with Gasteiger partial charge < -0.3 is 10.4 Å².